The molecule has 0 saturated carbocycles. The maximum atomic E-state index is 12.9. The Hall–Kier alpha value is -3.04. The van der Waals surface area contributed by atoms with Crippen LogP contribution < -0.4 is 9.46 Å². The van der Waals surface area contributed by atoms with E-state index in [2.05, 4.69) is 4.72 Å². The molecule has 0 atom stereocenters. The van der Waals surface area contributed by atoms with Crippen LogP contribution in [0.5, 0.6) is 5.75 Å². The van der Waals surface area contributed by atoms with Gasteiger partial charge in [-0.2, -0.15) is 5.26 Å². The Bertz CT molecular complexity index is 1040. The lowest BCUT2D eigenvalue weighted by Crippen LogP contribution is -2.14. The summed E-state index contributed by atoms with van der Waals surface area (Å²) in [5, 5.41) is 10.2. The average molecular weight is 338 g/mol. The molecule has 0 amide bonds. The molecule has 3 rings (SSSR count). The van der Waals surface area contributed by atoms with Crippen LogP contribution in [0.4, 0.5) is 5.69 Å². The Kier molecular flexibility index (Phi) is 4.11. The number of hydrogen-bond acceptors (Lipinski definition) is 4. The highest BCUT2D eigenvalue weighted by Crippen LogP contribution is 2.33. The molecule has 3 aromatic rings. The summed E-state index contributed by atoms with van der Waals surface area (Å²) < 4.78 is 33.6. The zero-order valence-electron chi connectivity index (χ0n) is 12.9. The van der Waals surface area contributed by atoms with E-state index in [1.54, 1.807) is 42.5 Å². The first-order valence-electron chi connectivity index (χ1n) is 7.14. The Morgan fingerprint density at radius 2 is 1.71 bits per heavy atom. The van der Waals surface area contributed by atoms with Gasteiger partial charge in [-0.05, 0) is 35.7 Å². The minimum absolute atomic E-state index is 0.0902. The summed E-state index contributed by atoms with van der Waals surface area (Å²) in [6.07, 6.45) is 0. The van der Waals surface area contributed by atoms with E-state index >= 15 is 0 Å². The molecule has 24 heavy (non-hydrogen) atoms. The molecule has 0 fully saturated rings. The third kappa shape index (κ3) is 2.90. The lowest BCUT2D eigenvalue weighted by Gasteiger charge is -2.14. The second-order valence-electron chi connectivity index (χ2n) is 5.11. The van der Waals surface area contributed by atoms with Gasteiger partial charge in [0.05, 0.1) is 18.7 Å². The number of anilines is 1. The molecule has 1 N–H and O–H groups in total. The van der Waals surface area contributed by atoms with E-state index in [-0.39, 0.29) is 10.6 Å². The first-order chi connectivity index (χ1) is 11.5. The molecule has 0 aliphatic carbocycles. The van der Waals surface area contributed by atoms with Crippen LogP contribution in [0.1, 0.15) is 5.56 Å². The van der Waals surface area contributed by atoms with E-state index < -0.39 is 10.0 Å². The standard InChI is InChI=1S/C18H14N2O3S/c1-23-17-11-8-14-4-2-3-5-16(14)18(17)24(21,22)20-15-9-6-13(12-19)7-10-15/h2-11,20H,1H3. The third-order valence-corrected chi connectivity index (χ3v) is 5.06. The molecule has 0 heterocycles. The fourth-order valence-corrected chi connectivity index (χ4v) is 3.92. The van der Waals surface area contributed by atoms with Crippen molar-refractivity contribution in [3.8, 4) is 11.8 Å². The second-order valence-corrected chi connectivity index (χ2v) is 6.73. The molecular weight excluding hydrogens is 324 g/mol. The minimum Gasteiger partial charge on any atom is -0.495 e. The summed E-state index contributed by atoms with van der Waals surface area (Å²) in [5.41, 5.74) is 0.838. The van der Waals surface area contributed by atoms with Crippen LogP contribution in [0.25, 0.3) is 10.8 Å². The summed E-state index contributed by atoms with van der Waals surface area (Å²) >= 11 is 0. The van der Waals surface area contributed by atoms with Gasteiger partial charge in [-0.25, -0.2) is 8.42 Å². The van der Waals surface area contributed by atoms with Crippen LogP contribution in [-0.2, 0) is 10.0 Å². The lowest BCUT2D eigenvalue weighted by atomic mass is 10.1. The van der Waals surface area contributed by atoms with Crippen LogP contribution in [0, 0.1) is 11.3 Å². The van der Waals surface area contributed by atoms with Gasteiger partial charge in [-0.1, -0.05) is 30.3 Å². The normalized spacial score (nSPS) is 11.0. The minimum atomic E-state index is -3.86. The summed E-state index contributed by atoms with van der Waals surface area (Å²) in [5.74, 6) is 0.273. The van der Waals surface area contributed by atoms with Crippen LogP contribution in [0.2, 0.25) is 0 Å². The first kappa shape index (κ1) is 15.8. The number of fused-ring (bicyclic) bond motifs is 1. The van der Waals surface area contributed by atoms with Gasteiger partial charge in [0.15, 0.2) is 0 Å². The van der Waals surface area contributed by atoms with Crippen molar-refractivity contribution in [3.63, 3.8) is 0 Å². The molecular formula is C18H14N2O3S. The first-order valence-corrected chi connectivity index (χ1v) is 8.62. The highest BCUT2D eigenvalue weighted by atomic mass is 32.2. The Labute approximate surface area is 140 Å². The zero-order chi connectivity index (χ0) is 17.2. The van der Waals surface area contributed by atoms with Crippen molar-refractivity contribution in [2.75, 3.05) is 11.8 Å². The van der Waals surface area contributed by atoms with Crippen LogP contribution in [0.15, 0.2) is 65.6 Å². The summed E-state index contributed by atoms with van der Waals surface area (Å²) in [4.78, 5) is 0.0902. The number of ether oxygens (including phenoxy) is 1. The number of hydrogen-bond donors (Lipinski definition) is 1. The Balaban J connectivity index is 2.12. The predicted octanol–water partition coefficient (Wildman–Crippen LogP) is 3.52. The molecule has 3 aromatic carbocycles. The van der Waals surface area contributed by atoms with Crippen molar-refractivity contribution < 1.29 is 13.2 Å². The molecule has 0 aliphatic heterocycles. The Morgan fingerprint density at radius 1 is 1.00 bits per heavy atom. The van der Waals surface area contributed by atoms with E-state index in [4.69, 9.17) is 10.00 Å². The van der Waals surface area contributed by atoms with Crippen LogP contribution in [-0.4, -0.2) is 15.5 Å². The second kappa shape index (κ2) is 6.22. The number of sulfonamides is 1. The van der Waals surface area contributed by atoms with Crippen molar-refractivity contribution in [1.82, 2.24) is 0 Å². The molecule has 0 radical (unpaired) electrons. The van der Waals surface area contributed by atoms with Gasteiger partial charge >= 0.3 is 0 Å². The largest absolute Gasteiger partial charge is 0.495 e. The molecule has 120 valence electrons. The molecule has 0 aliphatic rings. The summed E-state index contributed by atoms with van der Waals surface area (Å²) in [6, 6.07) is 18.9. The van der Waals surface area contributed by atoms with Gasteiger partial charge in [0.2, 0.25) is 0 Å². The fraction of sp³-hybridized carbons (Fsp3) is 0.0556. The lowest BCUT2D eigenvalue weighted by molar-refractivity contribution is 0.404. The average Bonchev–Trinajstić information content (AvgIpc) is 2.61. The smallest absolute Gasteiger partial charge is 0.266 e. The number of methoxy groups -OCH3 is 1. The van der Waals surface area contributed by atoms with E-state index in [9.17, 15) is 8.42 Å². The van der Waals surface area contributed by atoms with Gasteiger partial charge in [-0.15, -0.1) is 0 Å². The van der Waals surface area contributed by atoms with Crippen LogP contribution in [0.3, 0.4) is 0 Å². The van der Waals surface area contributed by atoms with Crippen LogP contribution >= 0.6 is 0 Å². The molecule has 0 aromatic heterocycles. The molecule has 0 saturated heterocycles. The molecule has 0 unspecified atom stereocenters. The van der Waals surface area contributed by atoms with E-state index in [0.29, 0.717) is 16.6 Å². The maximum absolute atomic E-state index is 12.9. The SMILES string of the molecule is COc1ccc2ccccc2c1S(=O)(=O)Nc1ccc(C#N)cc1. The number of nitriles is 1. The maximum Gasteiger partial charge on any atom is 0.266 e. The van der Waals surface area contributed by atoms with Gasteiger partial charge in [0, 0.05) is 11.1 Å². The Morgan fingerprint density at radius 3 is 2.38 bits per heavy atom. The third-order valence-electron chi connectivity index (χ3n) is 3.60. The molecule has 0 bridgehead atoms. The molecule has 0 spiro atoms. The van der Waals surface area contributed by atoms with Crippen molar-refractivity contribution in [2.45, 2.75) is 4.90 Å². The zero-order valence-corrected chi connectivity index (χ0v) is 13.7. The van der Waals surface area contributed by atoms with Gasteiger partial charge < -0.3 is 4.74 Å². The number of benzene rings is 3. The monoisotopic (exact) mass is 338 g/mol. The van der Waals surface area contributed by atoms with E-state index in [0.717, 1.165) is 5.39 Å². The highest BCUT2D eigenvalue weighted by Gasteiger charge is 2.22. The summed E-state index contributed by atoms with van der Waals surface area (Å²) in [7, 11) is -2.42. The number of nitrogens with one attached hydrogen (secondary N) is 1. The quantitative estimate of drug-likeness (QED) is 0.789. The van der Waals surface area contributed by atoms with Gasteiger partial charge in [0.25, 0.3) is 10.0 Å². The van der Waals surface area contributed by atoms with Crippen molar-refractivity contribution in [3.05, 3.63) is 66.2 Å². The highest BCUT2D eigenvalue weighted by molar-refractivity contribution is 7.93. The van der Waals surface area contributed by atoms with E-state index in [1.165, 1.54) is 7.11 Å². The predicted molar refractivity (Wildman–Crippen MR) is 92.5 cm³/mol. The topological polar surface area (TPSA) is 79.2 Å². The van der Waals surface area contributed by atoms with E-state index in [1.807, 2.05) is 24.3 Å². The fourth-order valence-electron chi connectivity index (χ4n) is 2.48. The van der Waals surface area contributed by atoms with Crippen molar-refractivity contribution >= 4 is 26.5 Å². The van der Waals surface area contributed by atoms with Crippen molar-refractivity contribution in [2.24, 2.45) is 0 Å². The van der Waals surface area contributed by atoms with Gasteiger partial charge in [-0.3, -0.25) is 4.72 Å². The number of rotatable bonds is 4. The summed E-state index contributed by atoms with van der Waals surface area (Å²) in [6.45, 7) is 0. The molecule has 6 heteroatoms. The van der Waals surface area contributed by atoms with Crippen molar-refractivity contribution in [1.29, 1.82) is 5.26 Å². The van der Waals surface area contributed by atoms with Gasteiger partial charge in [0.1, 0.15) is 10.6 Å². The molecule has 5 nitrogen and oxygen atoms in total. The number of nitrogens with zero attached hydrogens (tertiary/aromatic N) is 1.